The molecule has 1 saturated heterocycles. The predicted octanol–water partition coefficient (Wildman–Crippen LogP) is 3.54. The molecule has 0 radical (unpaired) electrons. The van der Waals surface area contributed by atoms with Gasteiger partial charge in [-0.3, -0.25) is 9.69 Å². The highest BCUT2D eigenvalue weighted by Crippen LogP contribution is 2.38. The number of benzene rings is 1. The van der Waals surface area contributed by atoms with Crippen molar-refractivity contribution in [1.29, 1.82) is 0 Å². The smallest absolute Gasteiger partial charge is 0.220 e. The van der Waals surface area contributed by atoms with E-state index in [1.807, 2.05) is 18.2 Å². The van der Waals surface area contributed by atoms with Crippen LogP contribution < -0.4 is 20.5 Å². The molecule has 3 N–H and O–H groups in total. The Bertz CT molecular complexity index is 647. The highest BCUT2D eigenvalue weighted by molar-refractivity contribution is 5.85. The van der Waals surface area contributed by atoms with E-state index in [0.717, 1.165) is 56.0 Å². The number of likely N-dealkylation sites (tertiary alicyclic amines) is 1. The third-order valence-electron chi connectivity index (χ3n) is 6.34. The van der Waals surface area contributed by atoms with Crippen molar-refractivity contribution in [3.8, 4) is 11.5 Å². The lowest BCUT2D eigenvalue weighted by Gasteiger charge is -2.36. The Kier molecular flexibility index (Phi) is 11.3. The van der Waals surface area contributed by atoms with Crippen LogP contribution in [0.3, 0.4) is 0 Å². The van der Waals surface area contributed by atoms with E-state index in [1.54, 1.807) is 14.2 Å². The number of hydrogen-bond donors (Lipinski definition) is 2. The van der Waals surface area contributed by atoms with Gasteiger partial charge in [-0.2, -0.15) is 0 Å². The van der Waals surface area contributed by atoms with E-state index in [-0.39, 0.29) is 42.2 Å². The van der Waals surface area contributed by atoms with E-state index < -0.39 is 0 Å². The lowest BCUT2D eigenvalue weighted by molar-refractivity contribution is -0.124. The summed E-state index contributed by atoms with van der Waals surface area (Å²) in [4.78, 5) is 15.0. The molecule has 1 aromatic carbocycles. The fourth-order valence-electron chi connectivity index (χ4n) is 4.68. The SMILES string of the molecule is COc1cc(CN2CCC(NC(=O)CC3(CN)CCCCC3)C2)cc(OC)c1.Cl.Cl. The number of amides is 1. The Morgan fingerprint density at radius 2 is 1.77 bits per heavy atom. The highest BCUT2D eigenvalue weighted by Gasteiger charge is 2.34. The molecule has 1 atom stereocenters. The molecule has 2 fully saturated rings. The second-order valence-electron chi connectivity index (χ2n) is 8.45. The van der Waals surface area contributed by atoms with Gasteiger partial charge in [0.25, 0.3) is 0 Å². The van der Waals surface area contributed by atoms with Crippen molar-refractivity contribution < 1.29 is 14.3 Å². The molecule has 0 spiro atoms. The fourth-order valence-corrected chi connectivity index (χ4v) is 4.68. The molecule has 1 heterocycles. The zero-order valence-corrected chi connectivity index (χ0v) is 19.8. The van der Waals surface area contributed by atoms with Gasteiger partial charge in [-0.15, -0.1) is 24.8 Å². The molecular weight excluding hydrogens is 425 g/mol. The summed E-state index contributed by atoms with van der Waals surface area (Å²) < 4.78 is 10.7. The Morgan fingerprint density at radius 3 is 2.33 bits per heavy atom. The van der Waals surface area contributed by atoms with Crippen LogP contribution in [0.5, 0.6) is 11.5 Å². The fraction of sp³-hybridized carbons (Fsp3) is 0.682. The van der Waals surface area contributed by atoms with Gasteiger partial charge < -0.3 is 20.5 Å². The topological polar surface area (TPSA) is 76.8 Å². The van der Waals surface area contributed by atoms with E-state index >= 15 is 0 Å². The first-order chi connectivity index (χ1) is 13.6. The minimum Gasteiger partial charge on any atom is -0.497 e. The zero-order chi connectivity index (χ0) is 20.0. The van der Waals surface area contributed by atoms with Crippen molar-refractivity contribution in [2.24, 2.45) is 11.1 Å². The normalized spacial score (nSPS) is 20.6. The maximum Gasteiger partial charge on any atom is 0.220 e. The lowest BCUT2D eigenvalue weighted by Crippen LogP contribution is -2.42. The van der Waals surface area contributed by atoms with E-state index in [2.05, 4.69) is 10.2 Å². The summed E-state index contributed by atoms with van der Waals surface area (Å²) in [5.41, 5.74) is 7.23. The maximum atomic E-state index is 12.6. The quantitative estimate of drug-likeness (QED) is 0.618. The largest absolute Gasteiger partial charge is 0.497 e. The molecule has 172 valence electrons. The van der Waals surface area contributed by atoms with Gasteiger partial charge >= 0.3 is 0 Å². The molecule has 1 aromatic rings. The highest BCUT2D eigenvalue weighted by atomic mass is 35.5. The first-order valence-corrected chi connectivity index (χ1v) is 10.5. The molecule has 1 unspecified atom stereocenters. The molecule has 3 rings (SSSR count). The lowest BCUT2D eigenvalue weighted by atomic mass is 9.71. The standard InChI is InChI=1S/C22H35N3O3.2ClH/c1-27-19-10-17(11-20(12-19)28-2)14-25-9-6-18(15-25)24-21(26)13-22(16-23)7-4-3-5-8-22;;/h10-12,18H,3-9,13-16,23H2,1-2H3,(H,24,26);2*1H. The Labute approximate surface area is 193 Å². The third kappa shape index (κ3) is 7.19. The van der Waals surface area contributed by atoms with Crippen molar-refractivity contribution in [2.75, 3.05) is 33.9 Å². The van der Waals surface area contributed by atoms with Gasteiger partial charge in [-0.1, -0.05) is 19.3 Å². The van der Waals surface area contributed by atoms with Crippen LogP contribution in [-0.2, 0) is 11.3 Å². The molecule has 0 bridgehead atoms. The van der Waals surface area contributed by atoms with Crippen molar-refractivity contribution in [3.63, 3.8) is 0 Å². The number of nitrogens with zero attached hydrogens (tertiary/aromatic N) is 1. The van der Waals surface area contributed by atoms with Crippen LogP contribution in [0.15, 0.2) is 18.2 Å². The summed E-state index contributed by atoms with van der Waals surface area (Å²) in [5, 5.41) is 3.26. The number of carbonyl (C=O) groups excluding carboxylic acids is 1. The average Bonchev–Trinajstić information content (AvgIpc) is 3.14. The first kappa shape index (κ1) is 26.8. The number of nitrogens with one attached hydrogen (secondary N) is 1. The molecule has 1 amide bonds. The summed E-state index contributed by atoms with van der Waals surface area (Å²) in [6.07, 6.45) is 7.42. The van der Waals surface area contributed by atoms with Crippen molar-refractivity contribution in [3.05, 3.63) is 23.8 Å². The van der Waals surface area contributed by atoms with Gasteiger partial charge in [0.05, 0.1) is 14.2 Å². The molecule has 1 aliphatic heterocycles. The van der Waals surface area contributed by atoms with Crippen LogP contribution in [0.2, 0.25) is 0 Å². The zero-order valence-electron chi connectivity index (χ0n) is 18.2. The number of hydrogen-bond acceptors (Lipinski definition) is 5. The number of ether oxygens (including phenoxy) is 2. The number of carbonyl (C=O) groups is 1. The van der Waals surface area contributed by atoms with Crippen LogP contribution in [-0.4, -0.2) is 50.7 Å². The molecular formula is C22H37Cl2N3O3. The van der Waals surface area contributed by atoms with Gasteiger partial charge in [-0.25, -0.2) is 0 Å². The molecule has 1 saturated carbocycles. The van der Waals surface area contributed by atoms with E-state index in [4.69, 9.17) is 15.2 Å². The van der Waals surface area contributed by atoms with Crippen LogP contribution in [0.25, 0.3) is 0 Å². The summed E-state index contributed by atoms with van der Waals surface area (Å²) >= 11 is 0. The van der Waals surface area contributed by atoms with Crippen LogP contribution in [0.1, 0.15) is 50.5 Å². The summed E-state index contributed by atoms with van der Waals surface area (Å²) in [6, 6.07) is 6.19. The molecule has 2 aliphatic rings. The van der Waals surface area contributed by atoms with Gasteiger partial charge in [0.2, 0.25) is 5.91 Å². The molecule has 1 aliphatic carbocycles. The maximum absolute atomic E-state index is 12.6. The first-order valence-electron chi connectivity index (χ1n) is 10.5. The summed E-state index contributed by atoms with van der Waals surface area (Å²) in [5.74, 6) is 1.78. The van der Waals surface area contributed by atoms with Crippen molar-refractivity contribution in [2.45, 2.75) is 57.5 Å². The van der Waals surface area contributed by atoms with Gasteiger partial charge in [-0.05, 0) is 48.9 Å². The third-order valence-corrected chi connectivity index (χ3v) is 6.34. The van der Waals surface area contributed by atoms with Gasteiger partial charge in [0, 0.05) is 38.2 Å². The second-order valence-corrected chi connectivity index (χ2v) is 8.45. The number of methoxy groups -OCH3 is 2. The second kappa shape index (κ2) is 12.6. The van der Waals surface area contributed by atoms with E-state index in [0.29, 0.717) is 13.0 Å². The number of rotatable bonds is 8. The van der Waals surface area contributed by atoms with E-state index in [9.17, 15) is 4.79 Å². The van der Waals surface area contributed by atoms with Crippen LogP contribution in [0, 0.1) is 5.41 Å². The van der Waals surface area contributed by atoms with E-state index in [1.165, 1.54) is 19.3 Å². The Morgan fingerprint density at radius 1 is 1.13 bits per heavy atom. The summed E-state index contributed by atoms with van der Waals surface area (Å²) in [7, 11) is 3.33. The predicted molar refractivity (Wildman–Crippen MR) is 125 cm³/mol. The van der Waals surface area contributed by atoms with Crippen molar-refractivity contribution in [1.82, 2.24) is 10.2 Å². The minimum absolute atomic E-state index is 0. The Hall–Kier alpha value is -1.21. The van der Waals surface area contributed by atoms with Crippen LogP contribution in [0.4, 0.5) is 0 Å². The Balaban J connectivity index is 0.00000225. The number of halogens is 2. The summed E-state index contributed by atoms with van der Waals surface area (Å²) in [6.45, 7) is 3.30. The minimum atomic E-state index is 0. The van der Waals surface area contributed by atoms with Crippen LogP contribution >= 0.6 is 24.8 Å². The number of nitrogens with two attached hydrogens (primary N) is 1. The molecule has 30 heavy (non-hydrogen) atoms. The molecule has 8 heteroatoms. The van der Waals surface area contributed by atoms with Gasteiger partial charge in [0.1, 0.15) is 11.5 Å². The molecule has 0 aromatic heterocycles. The molecule has 6 nitrogen and oxygen atoms in total. The monoisotopic (exact) mass is 461 g/mol. The average molecular weight is 462 g/mol. The van der Waals surface area contributed by atoms with Gasteiger partial charge in [0.15, 0.2) is 0 Å². The van der Waals surface area contributed by atoms with Crippen molar-refractivity contribution >= 4 is 30.7 Å².